The van der Waals surface area contributed by atoms with Crippen LogP contribution in [-0.2, 0) is 6.42 Å². The molecule has 1 aromatic rings. The molecule has 0 fully saturated rings. The zero-order valence-corrected chi connectivity index (χ0v) is 11.3. The average molecular weight is 340 g/mol. The third-order valence-electron chi connectivity index (χ3n) is 1.86. The smallest absolute Gasteiger partial charge is 0.252 e. The van der Waals surface area contributed by atoms with Crippen molar-refractivity contribution in [3.63, 3.8) is 0 Å². The summed E-state index contributed by atoms with van der Waals surface area (Å²) in [6, 6.07) is 5.45. The first-order chi connectivity index (χ1) is 6.65. The van der Waals surface area contributed by atoms with Crippen molar-refractivity contribution in [1.29, 1.82) is 0 Å². The fourth-order valence-electron chi connectivity index (χ4n) is 1.13. The van der Waals surface area contributed by atoms with Crippen LogP contribution in [0.25, 0.3) is 0 Å². The number of rotatable bonds is 4. The molecular weight excluding hydrogens is 331 g/mol. The molecule has 0 aromatic heterocycles. The highest BCUT2D eigenvalue weighted by Crippen LogP contribution is 2.21. The van der Waals surface area contributed by atoms with Gasteiger partial charge in [-0.25, -0.2) is 0 Å². The molecule has 14 heavy (non-hydrogen) atoms. The van der Waals surface area contributed by atoms with Gasteiger partial charge in [0.1, 0.15) is 0 Å². The summed E-state index contributed by atoms with van der Waals surface area (Å²) >= 11 is 12.2. The number of hydrogen-bond donors (Lipinski definition) is 0. The Kier molecular flexibility index (Phi) is 5.13. The number of benzene rings is 1. The molecule has 0 saturated carbocycles. The fraction of sp³-hybridized carbons (Fsp3) is 0.300. The van der Waals surface area contributed by atoms with Crippen LogP contribution >= 0.6 is 43.5 Å². The molecule has 0 aliphatic rings. The lowest BCUT2D eigenvalue weighted by Crippen LogP contribution is -1.93. The minimum atomic E-state index is -0.419. The van der Waals surface area contributed by atoms with E-state index in [4.69, 9.17) is 11.6 Å². The minimum absolute atomic E-state index is 0.419. The maximum absolute atomic E-state index is 10.9. The second kappa shape index (κ2) is 5.89. The number of aryl methyl sites for hydroxylation is 1. The average Bonchev–Trinajstić information content (AvgIpc) is 2.15. The lowest BCUT2D eigenvalue weighted by molar-refractivity contribution is 0.108. The number of carbonyl (C=O) groups excluding carboxylic acids is 1. The van der Waals surface area contributed by atoms with Gasteiger partial charge in [-0.05, 0) is 42.1 Å². The second-order valence-electron chi connectivity index (χ2n) is 2.87. The fourth-order valence-corrected chi connectivity index (χ4v) is 2.10. The van der Waals surface area contributed by atoms with Crippen LogP contribution in [0.15, 0.2) is 22.7 Å². The van der Waals surface area contributed by atoms with E-state index in [9.17, 15) is 4.79 Å². The van der Waals surface area contributed by atoms with Crippen molar-refractivity contribution >= 4 is 48.7 Å². The van der Waals surface area contributed by atoms with Crippen LogP contribution in [0.5, 0.6) is 0 Å². The monoisotopic (exact) mass is 338 g/mol. The van der Waals surface area contributed by atoms with Gasteiger partial charge in [0.25, 0.3) is 5.24 Å². The van der Waals surface area contributed by atoms with Gasteiger partial charge in [-0.3, -0.25) is 4.79 Å². The van der Waals surface area contributed by atoms with Crippen LogP contribution in [0.3, 0.4) is 0 Å². The normalized spacial score (nSPS) is 10.2. The summed E-state index contributed by atoms with van der Waals surface area (Å²) in [5.41, 5.74) is 1.73. The first-order valence-corrected chi connectivity index (χ1v) is 6.48. The first kappa shape index (κ1) is 12.2. The summed E-state index contributed by atoms with van der Waals surface area (Å²) in [6.07, 6.45) is 2.06. The lowest BCUT2D eigenvalue weighted by Gasteiger charge is -2.04. The second-order valence-corrected chi connectivity index (χ2v) is 4.86. The van der Waals surface area contributed by atoms with Crippen LogP contribution in [-0.4, -0.2) is 10.6 Å². The van der Waals surface area contributed by atoms with Crippen LogP contribution < -0.4 is 0 Å². The van der Waals surface area contributed by atoms with Crippen LogP contribution in [0.1, 0.15) is 22.3 Å². The molecule has 1 nitrogen and oxygen atoms in total. The molecule has 1 rings (SSSR count). The largest absolute Gasteiger partial charge is 0.276 e. The van der Waals surface area contributed by atoms with E-state index in [1.165, 1.54) is 5.56 Å². The quantitative estimate of drug-likeness (QED) is 0.594. The molecule has 0 aliphatic heterocycles. The highest BCUT2D eigenvalue weighted by molar-refractivity contribution is 9.10. The summed E-state index contributed by atoms with van der Waals surface area (Å²) in [7, 11) is 0. The molecule has 0 spiro atoms. The molecule has 0 bridgehead atoms. The van der Waals surface area contributed by atoms with Crippen LogP contribution in [0, 0.1) is 0 Å². The Balaban J connectivity index is 2.84. The van der Waals surface area contributed by atoms with Crippen molar-refractivity contribution < 1.29 is 4.79 Å². The summed E-state index contributed by atoms with van der Waals surface area (Å²) in [6.45, 7) is 0. The summed E-state index contributed by atoms with van der Waals surface area (Å²) in [5, 5.41) is 0.563. The van der Waals surface area contributed by atoms with Gasteiger partial charge in [-0.2, -0.15) is 0 Å². The van der Waals surface area contributed by atoms with Crippen molar-refractivity contribution in [2.45, 2.75) is 12.8 Å². The molecule has 0 aliphatic carbocycles. The zero-order chi connectivity index (χ0) is 10.6. The van der Waals surface area contributed by atoms with Crippen molar-refractivity contribution in [2.24, 2.45) is 0 Å². The third-order valence-corrected chi connectivity index (χ3v) is 3.38. The zero-order valence-electron chi connectivity index (χ0n) is 7.40. The van der Waals surface area contributed by atoms with Gasteiger partial charge in [-0.15, -0.1) is 0 Å². The number of alkyl halides is 1. The Morgan fingerprint density at radius 2 is 2.14 bits per heavy atom. The Hall–Kier alpha value is 0.140. The maximum atomic E-state index is 10.9. The van der Waals surface area contributed by atoms with Gasteiger partial charge in [0.2, 0.25) is 0 Å². The van der Waals surface area contributed by atoms with Crippen molar-refractivity contribution in [1.82, 2.24) is 0 Å². The minimum Gasteiger partial charge on any atom is -0.276 e. The summed E-state index contributed by atoms with van der Waals surface area (Å²) in [5.74, 6) is 0. The van der Waals surface area contributed by atoms with Gasteiger partial charge in [-0.1, -0.05) is 37.9 Å². The van der Waals surface area contributed by atoms with E-state index in [-0.39, 0.29) is 0 Å². The Labute approximate surface area is 105 Å². The van der Waals surface area contributed by atoms with Crippen LogP contribution in [0.2, 0.25) is 0 Å². The lowest BCUT2D eigenvalue weighted by atomic mass is 10.1. The summed E-state index contributed by atoms with van der Waals surface area (Å²) < 4.78 is 0.949. The van der Waals surface area contributed by atoms with Gasteiger partial charge in [0.15, 0.2) is 0 Å². The molecule has 0 atom stereocenters. The molecule has 0 radical (unpaired) electrons. The molecule has 0 heterocycles. The number of halogens is 3. The van der Waals surface area contributed by atoms with E-state index < -0.39 is 5.24 Å². The van der Waals surface area contributed by atoms with E-state index in [0.29, 0.717) is 5.56 Å². The summed E-state index contributed by atoms with van der Waals surface area (Å²) in [4.78, 5) is 10.9. The van der Waals surface area contributed by atoms with E-state index in [2.05, 4.69) is 31.9 Å². The van der Waals surface area contributed by atoms with E-state index >= 15 is 0 Å². The van der Waals surface area contributed by atoms with Gasteiger partial charge in [0, 0.05) is 15.4 Å². The molecule has 76 valence electrons. The Morgan fingerprint density at radius 1 is 1.43 bits per heavy atom. The molecule has 0 unspecified atom stereocenters. The van der Waals surface area contributed by atoms with Crippen molar-refractivity contribution in [2.75, 3.05) is 5.33 Å². The molecular formula is C10H9Br2ClO. The maximum Gasteiger partial charge on any atom is 0.252 e. The number of hydrogen-bond acceptors (Lipinski definition) is 1. The SMILES string of the molecule is O=C(Cl)c1ccc(CCCBr)c(Br)c1. The predicted octanol–water partition coefficient (Wildman–Crippen LogP) is 4.16. The Morgan fingerprint density at radius 3 is 2.64 bits per heavy atom. The van der Waals surface area contributed by atoms with Gasteiger partial charge >= 0.3 is 0 Å². The first-order valence-electron chi connectivity index (χ1n) is 4.19. The topological polar surface area (TPSA) is 17.1 Å². The molecule has 1 aromatic carbocycles. The van der Waals surface area contributed by atoms with Gasteiger partial charge < -0.3 is 0 Å². The molecule has 0 N–H and O–H groups in total. The van der Waals surface area contributed by atoms with Crippen molar-refractivity contribution in [3.05, 3.63) is 33.8 Å². The highest BCUT2D eigenvalue weighted by atomic mass is 79.9. The van der Waals surface area contributed by atoms with Crippen LogP contribution in [0.4, 0.5) is 0 Å². The predicted molar refractivity (Wildman–Crippen MR) is 66.4 cm³/mol. The highest BCUT2D eigenvalue weighted by Gasteiger charge is 2.05. The van der Waals surface area contributed by atoms with E-state index in [0.717, 1.165) is 22.6 Å². The number of carbonyl (C=O) groups is 1. The van der Waals surface area contributed by atoms with E-state index in [1.807, 2.05) is 6.07 Å². The molecule has 0 saturated heterocycles. The van der Waals surface area contributed by atoms with Gasteiger partial charge in [0.05, 0.1) is 0 Å². The third kappa shape index (κ3) is 3.37. The molecule has 0 amide bonds. The Bertz CT molecular complexity index is 339. The molecule has 4 heteroatoms. The van der Waals surface area contributed by atoms with E-state index in [1.54, 1.807) is 12.1 Å². The standard InChI is InChI=1S/C10H9Br2ClO/c11-5-1-2-7-3-4-8(10(13)14)6-9(7)12/h3-4,6H,1-2,5H2. The van der Waals surface area contributed by atoms with Crippen molar-refractivity contribution in [3.8, 4) is 0 Å².